The lowest BCUT2D eigenvalue weighted by Gasteiger charge is -2.29. The van der Waals surface area contributed by atoms with Crippen LogP contribution in [0.1, 0.15) is 50.5 Å². The second-order valence-electron chi connectivity index (χ2n) is 12.0. The summed E-state index contributed by atoms with van der Waals surface area (Å²) in [5.41, 5.74) is 4.51. The van der Waals surface area contributed by atoms with E-state index in [9.17, 15) is 10.2 Å². The summed E-state index contributed by atoms with van der Waals surface area (Å²) in [7, 11) is 0. The molecule has 1 aliphatic heterocycles. The van der Waals surface area contributed by atoms with Crippen molar-refractivity contribution in [3.63, 3.8) is 0 Å². The molecule has 3 heterocycles. The van der Waals surface area contributed by atoms with Crippen molar-refractivity contribution >= 4 is 0 Å². The largest absolute Gasteiger partial charge is 0.507 e. The molecular weight excluding hydrogens is 520 g/mol. The van der Waals surface area contributed by atoms with Crippen LogP contribution in [0.2, 0.25) is 0 Å². The third-order valence-corrected chi connectivity index (χ3v) is 8.57. The summed E-state index contributed by atoms with van der Waals surface area (Å²) < 4.78 is 4.18. The van der Waals surface area contributed by atoms with Crippen LogP contribution < -0.4 is 0 Å². The van der Waals surface area contributed by atoms with E-state index in [1.165, 1.54) is 0 Å². The van der Waals surface area contributed by atoms with E-state index in [0.29, 0.717) is 22.3 Å². The first-order chi connectivity index (χ1) is 20.2. The average Bonchev–Trinajstić information content (AvgIpc) is 3.65. The molecule has 6 heteroatoms. The van der Waals surface area contributed by atoms with Gasteiger partial charge < -0.3 is 19.3 Å². The van der Waals surface area contributed by atoms with Crippen LogP contribution in [0.4, 0.5) is 0 Å². The van der Waals surface area contributed by atoms with E-state index >= 15 is 0 Å². The number of hydrogen-bond acceptors (Lipinski definition) is 4. The maximum absolute atomic E-state index is 11.8. The van der Waals surface area contributed by atoms with Crippen LogP contribution in [0.25, 0.3) is 33.9 Å². The molecule has 0 aliphatic carbocycles. The molecule has 0 amide bonds. The molecule has 2 N–H and O–H groups in total. The fourth-order valence-electron chi connectivity index (χ4n) is 6.23. The Bertz CT molecular complexity index is 1810. The molecule has 0 spiro atoms. The summed E-state index contributed by atoms with van der Waals surface area (Å²) in [5, 5.41) is 23.6. The highest BCUT2D eigenvalue weighted by molar-refractivity contribution is 5.79. The van der Waals surface area contributed by atoms with Gasteiger partial charge in [-0.2, -0.15) is 0 Å². The molecule has 208 valence electrons. The Labute approximate surface area is 245 Å². The minimum atomic E-state index is -0.713. The van der Waals surface area contributed by atoms with Gasteiger partial charge in [-0.3, -0.25) is 0 Å². The number of phenols is 2. The van der Waals surface area contributed by atoms with Gasteiger partial charge >= 0.3 is 0 Å². The summed E-state index contributed by atoms with van der Waals surface area (Å²) in [6.45, 7) is 8.26. The van der Waals surface area contributed by atoms with Gasteiger partial charge in [-0.15, -0.1) is 0 Å². The average molecular weight is 553 g/mol. The maximum atomic E-state index is 11.8. The maximum Gasteiger partial charge on any atom is 0.127 e. The molecule has 4 aromatic carbocycles. The second-order valence-corrected chi connectivity index (χ2v) is 12.0. The molecule has 0 fully saturated rings. The zero-order chi connectivity index (χ0) is 29.2. The van der Waals surface area contributed by atoms with Gasteiger partial charge in [0.1, 0.15) is 34.5 Å². The summed E-state index contributed by atoms with van der Waals surface area (Å²) in [6, 6.07) is 31.6. The molecule has 0 radical (unpaired) electrons. The summed E-state index contributed by atoms with van der Waals surface area (Å²) >= 11 is 0. The normalized spacial score (nSPS) is 14.8. The molecule has 0 atom stereocenters. The highest BCUT2D eigenvalue weighted by Crippen LogP contribution is 2.48. The summed E-state index contributed by atoms with van der Waals surface area (Å²) in [5.74, 6) is 1.78. The second kappa shape index (κ2) is 9.21. The van der Waals surface area contributed by atoms with E-state index in [4.69, 9.17) is 9.97 Å². The Morgan fingerprint density at radius 3 is 1.26 bits per heavy atom. The lowest BCUT2D eigenvalue weighted by atomic mass is 9.79. The monoisotopic (exact) mass is 552 g/mol. The number of imidazole rings is 2. The highest BCUT2D eigenvalue weighted by Gasteiger charge is 2.37. The number of benzene rings is 4. The Morgan fingerprint density at radius 2 is 0.881 bits per heavy atom. The first kappa shape index (κ1) is 25.8. The van der Waals surface area contributed by atoms with Gasteiger partial charge in [0.05, 0.1) is 10.8 Å². The van der Waals surface area contributed by atoms with Gasteiger partial charge in [0.2, 0.25) is 0 Å². The molecule has 1 aliphatic rings. The van der Waals surface area contributed by atoms with Crippen molar-refractivity contribution in [3.8, 4) is 45.4 Å². The first-order valence-electron chi connectivity index (χ1n) is 14.1. The summed E-state index contributed by atoms with van der Waals surface area (Å²) in [4.78, 5) is 10.4. The predicted molar refractivity (Wildman–Crippen MR) is 166 cm³/mol. The van der Waals surface area contributed by atoms with Crippen LogP contribution in [0.5, 0.6) is 11.5 Å². The number of aromatic hydroxyl groups is 2. The van der Waals surface area contributed by atoms with E-state index in [-0.39, 0.29) is 11.5 Å². The van der Waals surface area contributed by atoms with Crippen molar-refractivity contribution in [1.29, 1.82) is 0 Å². The number of fused-ring (bicyclic) bond motifs is 10. The lowest BCUT2D eigenvalue weighted by Crippen LogP contribution is -2.25. The molecule has 6 nitrogen and oxygen atoms in total. The number of hydrogen-bond donors (Lipinski definition) is 2. The molecule has 42 heavy (non-hydrogen) atoms. The van der Waals surface area contributed by atoms with Crippen LogP contribution in [0, 0.1) is 0 Å². The molecular formula is C36H32N4O2. The van der Waals surface area contributed by atoms with E-state index in [1.807, 2.05) is 85.2 Å². The zero-order valence-electron chi connectivity index (χ0n) is 24.1. The van der Waals surface area contributed by atoms with Gasteiger partial charge in [-0.25, -0.2) is 9.97 Å². The van der Waals surface area contributed by atoms with Gasteiger partial charge in [-0.05, 0) is 52.0 Å². The summed E-state index contributed by atoms with van der Waals surface area (Å²) in [6.07, 6.45) is 4.05. The number of rotatable bonds is 2. The number of nitrogens with zero attached hydrogens (tertiary/aromatic N) is 4. The molecule has 7 rings (SSSR count). The zero-order valence-corrected chi connectivity index (χ0v) is 24.1. The Kier molecular flexibility index (Phi) is 5.67. The number of aromatic nitrogens is 4. The third-order valence-electron chi connectivity index (χ3n) is 8.57. The molecule has 6 aromatic rings. The van der Waals surface area contributed by atoms with Crippen molar-refractivity contribution in [2.45, 2.75) is 38.5 Å². The smallest absolute Gasteiger partial charge is 0.127 e. The van der Waals surface area contributed by atoms with Crippen LogP contribution >= 0.6 is 0 Å². The van der Waals surface area contributed by atoms with E-state index in [0.717, 1.165) is 34.4 Å². The highest BCUT2D eigenvalue weighted by atomic mass is 16.3. The Morgan fingerprint density at radius 1 is 0.500 bits per heavy atom. The van der Waals surface area contributed by atoms with E-state index in [2.05, 4.69) is 61.1 Å². The van der Waals surface area contributed by atoms with Crippen LogP contribution in [-0.2, 0) is 10.8 Å². The first-order valence-corrected chi connectivity index (χ1v) is 14.1. The quantitative estimate of drug-likeness (QED) is 0.230. The number of para-hydroxylation sites is 4. The molecule has 0 saturated heterocycles. The Hall–Kier alpha value is -5.10. The van der Waals surface area contributed by atoms with E-state index < -0.39 is 10.8 Å². The van der Waals surface area contributed by atoms with Crippen LogP contribution in [0.15, 0.2) is 109 Å². The van der Waals surface area contributed by atoms with Crippen molar-refractivity contribution in [1.82, 2.24) is 19.1 Å². The van der Waals surface area contributed by atoms with Gasteiger partial charge in [0, 0.05) is 46.0 Å². The van der Waals surface area contributed by atoms with Gasteiger partial charge in [0.15, 0.2) is 0 Å². The standard InChI is InChI=1S/C36H32N4O2/c1-35(2)27-19-11-17-25(31(27)41)26-18-12-20-28(32(26)42)36(3,4)34-38-30(22-40(34)24-15-9-6-10-16-24)29-21-39(33(35)37-29)23-13-7-5-8-14-23/h5-22,41-42H,1-4H3. The molecule has 8 bridgehead atoms. The Balaban J connectivity index is 1.62. The molecule has 2 aromatic heterocycles. The predicted octanol–water partition coefficient (Wildman–Crippen LogP) is 7.77. The fourth-order valence-corrected chi connectivity index (χ4v) is 6.23. The van der Waals surface area contributed by atoms with Crippen molar-refractivity contribution in [2.24, 2.45) is 0 Å². The van der Waals surface area contributed by atoms with Crippen LogP contribution in [0.3, 0.4) is 0 Å². The topological polar surface area (TPSA) is 76.1 Å². The van der Waals surface area contributed by atoms with Gasteiger partial charge in [-0.1, -0.05) is 72.8 Å². The van der Waals surface area contributed by atoms with Crippen molar-refractivity contribution < 1.29 is 10.2 Å². The third kappa shape index (κ3) is 3.79. The lowest BCUT2D eigenvalue weighted by molar-refractivity contribution is 0.441. The van der Waals surface area contributed by atoms with Gasteiger partial charge in [0.25, 0.3) is 0 Å². The van der Waals surface area contributed by atoms with Crippen LogP contribution in [-0.4, -0.2) is 29.3 Å². The van der Waals surface area contributed by atoms with Crippen molar-refractivity contribution in [3.05, 3.63) is 132 Å². The molecule has 0 saturated carbocycles. The fraction of sp³-hybridized carbons (Fsp3) is 0.167. The SMILES string of the molecule is CC1(C)c2cccc(c2O)-c2cccc(c2O)C(C)(C)c2nc(cn2-c2ccccc2)-c2cn(-c3ccccc3)c1n2. The van der Waals surface area contributed by atoms with E-state index in [1.54, 1.807) is 0 Å². The van der Waals surface area contributed by atoms with Crippen molar-refractivity contribution in [2.75, 3.05) is 0 Å². The number of phenolic OH excluding ortho intramolecular Hbond substituents is 2. The minimum Gasteiger partial charge on any atom is -0.507 e. The minimum absolute atomic E-state index is 0.124. The molecule has 0 unspecified atom stereocenters.